The molecule has 0 bridgehead atoms. The van der Waals surface area contributed by atoms with Crippen LogP contribution in [0.15, 0.2) is 30.3 Å². The molecule has 0 aliphatic carbocycles. The van der Waals surface area contributed by atoms with Crippen molar-refractivity contribution in [2.75, 3.05) is 5.32 Å². The molecule has 2 aromatic rings. The van der Waals surface area contributed by atoms with Crippen molar-refractivity contribution in [2.45, 2.75) is 52.2 Å². The first-order valence-corrected chi connectivity index (χ1v) is 8.79. The van der Waals surface area contributed by atoms with Gasteiger partial charge in [0.05, 0.1) is 6.61 Å². The van der Waals surface area contributed by atoms with Crippen LogP contribution in [-0.2, 0) is 22.6 Å². The van der Waals surface area contributed by atoms with Gasteiger partial charge in [0.15, 0.2) is 0 Å². The minimum absolute atomic E-state index is 0.197. The van der Waals surface area contributed by atoms with E-state index in [0.29, 0.717) is 11.7 Å². The number of aromatic nitrogens is 2. The zero-order valence-electron chi connectivity index (χ0n) is 13.6. The number of hydrogen-bond donors (Lipinski definition) is 1. The van der Waals surface area contributed by atoms with Gasteiger partial charge in [0.25, 0.3) is 5.91 Å². The van der Waals surface area contributed by atoms with E-state index >= 15 is 0 Å². The molecule has 23 heavy (non-hydrogen) atoms. The highest BCUT2D eigenvalue weighted by atomic mass is 32.1. The molecule has 0 unspecified atom stereocenters. The van der Waals surface area contributed by atoms with Gasteiger partial charge in [-0.1, -0.05) is 61.4 Å². The van der Waals surface area contributed by atoms with Crippen LogP contribution in [0, 0.1) is 0 Å². The Balaban J connectivity index is 1.77. The average Bonchev–Trinajstić information content (AvgIpc) is 3.01. The van der Waals surface area contributed by atoms with Gasteiger partial charge in [0.1, 0.15) is 11.1 Å². The predicted molar refractivity (Wildman–Crippen MR) is 92.5 cm³/mol. The summed E-state index contributed by atoms with van der Waals surface area (Å²) in [7, 11) is 0. The number of benzene rings is 1. The van der Waals surface area contributed by atoms with E-state index in [1.807, 2.05) is 30.3 Å². The van der Waals surface area contributed by atoms with Gasteiger partial charge >= 0.3 is 0 Å². The van der Waals surface area contributed by atoms with Gasteiger partial charge in [-0.2, -0.15) is 0 Å². The van der Waals surface area contributed by atoms with E-state index in [1.54, 1.807) is 6.92 Å². The van der Waals surface area contributed by atoms with E-state index in [2.05, 4.69) is 22.4 Å². The van der Waals surface area contributed by atoms with Gasteiger partial charge in [-0.25, -0.2) is 0 Å². The number of hydrogen-bond acceptors (Lipinski definition) is 5. The van der Waals surface area contributed by atoms with Crippen LogP contribution in [0.4, 0.5) is 5.13 Å². The number of rotatable bonds is 9. The Morgan fingerprint density at radius 1 is 1.26 bits per heavy atom. The second kappa shape index (κ2) is 9.37. The van der Waals surface area contributed by atoms with Crippen LogP contribution in [0.25, 0.3) is 0 Å². The minimum atomic E-state index is -0.539. The van der Waals surface area contributed by atoms with E-state index in [4.69, 9.17) is 4.74 Å². The molecule has 0 aliphatic rings. The zero-order valence-corrected chi connectivity index (χ0v) is 14.4. The molecule has 1 heterocycles. The normalized spacial score (nSPS) is 12.1. The number of carbonyl (C=O) groups excluding carboxylic acids is 1. The molecule has 1 aromatic heterocycles. The monoisotopic (exact) mass is 333 g/mol. The standard InChI is InChI=1S/C17H23N3O2S/c1-3-4-6-11-15-19-20-17(23-15)18-16(21)13(2)22-12-14-9-7-5-8-10-14/h5,7-10,13H,3-4,6,11-12H2,1-2H3,(H,18,20,21)/t13-/m0/s1. The summed E-state index contributed by atoms with van der Waals surface area (Å²) >= 11 is 1.43. The number of ether oxygens (including phenoxy) is 1. The molecule has 6 heteroatoms. The second-order valence-corrected chi connectivity index (χ2v) is 6.45. The first-order valence-electron chi connectivity index (χ1n) is 7.97. The lowest BCUT2D eigenvalue weighted by Crippen LogP contribution is -2.27. The summed E-state index contributed by atoms with van der Waals surface area (Å²) in [5, 5.41) is 12.4. The topological polar surface area (TPSA) is 64.1 Å². The van der Waals surface area contributed by atoms with E-state index in [9.17, 15) is 4.79 Å². The highest BCUT2D eigenvalue weighted by molar-refractivity contribution is 7.15. The summed E-state index contributed by atoms with van der Waals surface area (Å²) in [5.74, 6) is -0.197. The van der Waals surface area contributed by atoms with Crippen molar-refractivity contribution in [1.82, 2.24) is 10.2 Å². The molecule has 1 aromatic carbocycles. The van der Waals surface area contributed by atoms with Gasteiger partial charge in [-0.3, -0.25) is 10.1 Å². The SMILES string of the molecule is CCCCCc1nnc(NC(=O)[C@H](C)OCc2ccccc2)s1. The zero-order chi connectivity index (χ0) is 16.5. The van der Waals surface area contributed by atoms with Crippen LogP contribution in [-0.4, -0.2) is 22.2 Å². The molecule has 0 spiro atoms. The van der Waals surface area contributed by atoms with E-state index in [-0.39, 0.29) is 5.91 Å². The highest BCUT2D eigenvalue weighted by Crippen LogP contribution is 2.18. The summed E-state index contributed by atoms with van der Waals surface area (Å²) in [4.78, 5) is 12.1. The van der Waals surface area contributed by atoms with Crippen LogP contribution in [0.1, 0.15) is 43.7 Å². The van der Waals surface area contributed by atoms with Crippen molar-refractivity contribution in [2.24, 2.45) is 0 Å². The van der Waals surface area contributed by atoms with Gasteiger partial charge in [0.2, 0.25) is 5.13 Å². The first-order chi connectivity index (χ1) is 11.2. The Bertz CT molecular complexity index is 601. The van der Waals surface area contributed by atoms with E-state index < -0.39 is 6.10 Å². The number of aryl methyl sites for hydroxylation is 1. The number of amides is 1. The maximum atomic E-state index is 12.1. The fourth-order valence-electron chi connectivity index (χ4n) is 2.01. The van der Waals surface area contributed by atoms with Gasteiger partial charge < -0.3 is 4.74 Å². The van der Waals surface area contributed by atoms with Crippen molar-refractivity contribution in [1.29, 1.82) is 0 Å². The summed E-state index contributed by atoms with van der Waals surface area (Å²) in [6.45, 7) is 4.32. The maximum Gasteiger partial charge on any atom is 0.255 e. The molecule has 5 nitrogen and oxygen atoms in total. The fraction of sp³-hybridized carbons (Fsp3) is 0.471. The summed E-state index contributed by atoms with van der Waals surface area (Å²) in [6, 6.07) is 9.79. The van der Waals surface area contributed by atoms with Crippen LogP contribution in [0.2, 0.25) is 0 Å². The van der Waals surface area contributed by atoms with Crippen molar-refractivity contribution < 1.29 is 9.53 Å². The van der Waals surface area contributed by atoms with Gasteiger partial charge in [0, 0.05) is 6.42 Å². The lowest BCUT2D eigenvalue weighted by atomic mass is 10.2. The average molecular weight is 333 g/mol. The van der Waals surface area contributed by atoms with Gasteiger partial charge in [-0.05, 0) is 18.9 Å². The molecule has 1 atom stereocenters. The lowest BCUT2D eigenvalue weighted by Gasteiger charge is -2.11. The molecule has 1 amide bonds. The van der Waals surface area contributed by atoms with Crippen LogP contribution in [0.3, 0.4) is 0 Å². The fourth-order valence-corrected chi connectivity index (χ4v) is 2.79. The molecular formula is C17H23N3O2S. The van der Waals surface area contributed by atoms with E-state index in [0.717, 1.165) is 23.4 Å². The van der Waals surface area contributed by atoms with Crippen LogP contribution < -0.4 is 5.32 Å². The third-order valence-corrected chi connectivity index (χ3v) is 4.30. The quantitative estimate of drug-likeness (QED) is 0.709. The number of carbonyl (C=O) groups is 1. The van der Waals surface area contributed by atoms with Crippen molar-refractivity contribution in [3.05, 3.63) is 40.9 Å². The molecule has 1 N–H and O–H groups in total. The Hall–Kier alpha value is -1.79. The van der Waals surface area contributed by atoms with Crippen molar-refractivity contribution >= 4 is 22.4 Å². The smallest absolute Gasteiger partial charge is 0.255 e. The molecule has 124 valence electrons. The highest BCUT2D eigenvalue weighted by Gasteiger charge is 2.16. The van der Waals surface area contributed by atoms with Crippen LogP contribution in [0.5, 0.6) is 0 Å². The molecule has 0 saturated heterocycles. The molecule has 0 saturated carbocycles. The molecule has 0 radical (unpaired) electrons. The number of nitrogens with zero attached hydrogens (tertiary/aromatic N) is 2. The lowest BCUT2D eigenvalue weighted by molar-refractivity contribution is -0.127. The number of anilines is 1. The number of nitrogens with one attached hydrogen (secondary N) is 1. The Kier molecular flexibility index (Phi) is 7.16. The molecule has 2 rings (SSSR count). The third-order valence-electron chi connectivity index (χ3n) is 3.40. The summed E-state index contributed by atoms with van der Waals surface area (Å²) in [6.07, 6.45) is 3.85. The first kappa shape index (κ1) is 17.6. The summed E-state index contributed by atoms with van der Waals surface area (Å²) in [5.41, 5.74) is 1.04. The third kappa shape index (κ3) is 6.08. The molecule has 0 fully saturated rings. The Labute approximate surface area is 141 Å². The Morgan fingerprint density at radius 3 is 2.78 bits per heavy atom. The predicted octanol–water partition coefficient (Wildman–Crippen LogP) is 3.81. The molecule has 0 aliphatic heterocycles. The largest absolute Gasteiger partial charge is 0.364 e. The number of unbranched alkanes of at least 4 members (excludes halogenated alkanes) is 2. The maximum absolute atomic E-state index is 12.1. The molecular weight excluding hydrogens is 310 g/mol. The van der Waals surface area contributed by atoms with Crippen LogP contribution >= 0.6 is 11.3 Å². The minimum Gasteiger partial charge on any atom is -0.364 e. The Morgan fingerprint density at radius 2 is 2.04 bits per heavy atom. The summed E-state index contributed by atoms with van der Waals surface area (Å²) < 4.78 is 5.59. The van der Waals surface area contributed by atoms with E-state index in [1.165, 1.54) is 24.2 Å². The van der Waals surface area contributed by atoms with Crippen molar-refractivity contribution in [3.8, 4) is 0 Å². The second-order valence-electron chi connectivity index (χ2n) is 5.39. The van der Waals surface area contributed by atoms with Crippen molar-refractivity contribution in [3.63, 3.8) is 0 Å². The van der Waals surface area contributed by atoms with Gasteiger partial charge in [-0.15, -0.1) is 10.2 Å².